The van der Waals surface area contributed by atoms with Crippen LogP contribution in [0, 0.1) is 0 Å². The molecule has 3 aliphatic heterocycles. The molecule has 0 aliphatic carbocycles. The second-order valence-electron chi connectivity index (χ2n) is 8.77. The van der Waals surface area contributed by atoms with Gasteiger partial charge in [-0.25, -0.2) is 0 Å². The highest BCUT2D eigenvalue weighted by Gasteiger charge is 2.26. The number of rotatable bonds is 5. The Labute approximate surface area is 177 Å². The van der Waals surface area contributed by atoms with E-state index in [4.69, 9.17) is 5.10 Å². The molecule has 0 atom stereocenters. The number of carbonyl (C=O) groups excluding carboxylic acids is 1. The molecule has 2 aromatic heterocycles. The molecule has 0 radical (unpaired) electrons. The summed E-state index contributed by atoms with van der Waals surface area (Å²) >= 11 is 0. The molecule has 162 valence electrons. The van der Waals surface area contributed by atoms with Crippen molar-refractivity contribution in [2.75, 3.05) is 63.8 Å². The van der Waals surface area contributed by atoms with Crippen LogP contribution in [-0.2, 0) is 4.79 Å². The van der Waals surface area contributed by atoms with Crippen LogP contribution >= 0.6 is 0 Å². The van der Waals surface area contributed by atoms with Crippen LogP contribution in [0.15, 0.2) is 12.1 Å². The van der Waals surface area contributed by atoms with Crippen molar-refractivity contribution >= 4 is 17.4 Å². The average molecular weight is 413 g/mol. The quantitative estimate of drug-likeness (QED) is 0.775. The fraction of sp³-hybridized carbons (Fsp3) is 0.714. The van der Waals surface area contributed by atoms with E-state index in [1.807, 2.05) is 10.6 Å². The number of likely N-dealkylation sites (tertiary alicyclic amines) is 1. The summed E-state index contributed by atoms with van der Waals surface area (Å²) in [5.41, 5.74) is 0.847. The van der Waals surface area contributed by atoms with Crippen molar-refractivity contribution in [3.8, 4) is 0 Å². The predicted octanol–water partition coefficient (Wildman–Crippen LogP) is 0.726. The van der Waals surface area contributed by atoms with Gasteiger partial charge in [0, 0.05) is 58.2 Å². The van der Waals surface area contributed by atoms with Crippen LogP contribution in [0.3, 0.4) is 0 Å². The number of nitrogens with zero attached hydrogens (tertiary/aromatic N) is 7. The van der Waals surface area contributed by atoms with Crippen molar-refractivity contribution in [1.29, 1.82) is 0 Å². The number of nitrogens with one attached hydrogen (secondary N) is 1. The number of hydrogen-bond donors (Lipinski definition) is 1. The average Bonchev–Trinajstić information content (AvgIpc) is 3.41. The molecule has 9 heteroatoms. The van der Waals surface area contributed by atoms with E-state index in [-0.39, 0.29) is 5.91 Å². The van der Waals surface area contributed by atoms with Crippen LogP contribution < -0.4 is 10.2 Å². The molecule has 0 bridgehead atoms. The topological polar surface area (TPSA) is 81.9 Å². The molecule has 5 rings (SSSR count). The minimum atomic E-state index is 0.181. The van der Waals surface area contributed by atoms with Crippen molar-refractivity contribution in [1.82, 2.24) is 34.9 Å². The van der Waals surface area contributed by atoms with E-state index in [0.29, 0.717) is 12.3 Å². The summed E-state index contributed by atoms with van der Waals surface area (Å²) in [4.78, 5) is 18.8. The van der Waals surface area contributed by atoms with E-state index in [0.717, 1.165) is 89.0 Å². The Balaban J connectivity index is 1.18. The molecule has 3 fully saturated rings. The number of fused-ring (bicyclic) bond motifs is 1. The molecule has 3 saturated heterocycles. The zero-order chi connectivity index (χ0) is 20.3. The van der Waals surface area contributed by atoms with Crippen molar-refractivity contribution < 1.29 is 4.79 Å². The zero-order valence-corrected chi connectivity index (χ0v) is 17.7. The Bertz CT molecular complexity index is 869. The van der Waals surface area contributed by atoms with Crippen LogP contribution in [0.25, 0.3) is 5.65 Å². The number of carbonyl (C=O) groups is 1. The highest BCUT2D eigenvalue weighted by atomic mass is 16.1. The van der Waals surface area contributed by atoms with Gasteiger partial charge in [-0.2, -0.15) is 4.52 Å². The SMILES string of the molecule is O=C1CCN(CCN2CCC(c3nnc4ccc(N5CCCC5)nn34)CC2)CCN1. The lowest BCUT2D eigenvalue weighted by molar-refractivity contribution is -0.120. The molecule has 30 heavy (non-hydrogen) atoms. The molecule has 1 N–H and O–H groups in total. The summed E-state index contributed by atoms with van der Waals surface area (Å²) in [6.45, 7) is 9.05. The number of amides is 1. The largest absolute Gasteiger partial charge is 0.355 e. The molecule has 0 aromatic carbocycles. The minimum Gasteiger partial charge on any atom is -0.355 e. The second-order valence-corrected chi connectivity index (χ2v) is 8.77. The third-order valence-electron chi connectivity index (χ3n) is 6.79. The van der Waals surface area contributed by atoms with Gasteiger partial charge in [-0.1, -0.05) is 0 Å². The van der Waals surface area contributed by atoms with Gasteiger partial charge >= 0.3 is 0 Å². The minimum absolute atomic E-state index is 0.181. The lowest BCUT2D eigenvalue weighted by atomic mass is 9.96. The fourth-order valence-electron chi connectivity index (χ4n) is 4.90. The molecule has 0 unspecified atom stereocenters. The second kappa shape index (κ2) is 8.85. The third-order valence-corrected chi connectivity index (χ3v) is 6.79. The summed E-state index contributed by atoms with van der Waals surface area (Å²) in [6, 6.07) is 4.13. The Morgan fingerprint density at radius 2 is 1.70 bits per heavy atom. The molecule has 0 saturated carbocycles. The molecule has 9 nitrogen and oxygen atoms in total. The number of piperidine rings is 1. The maximum absolute atomic E-state index is 11.5. The predicted molar refractivity (Wildman–Crippen MR) is 115 cm³/mol. The summed E-state index contributed by atoms with van der Waals surface area (Å²) in [6.07, 6.45) is 5.30. The molecule has 1 amide bonds. The van der Waals surface area contributed by atoms with E-state index in [2.05, 4.69) is 36.3 Å². The first-order valence-electron chi connectivity index (χ1n) is 11.4. The summed E-state index contributed by atoms with van der Waals surface area (Å²) in [7, 11) is 0. The number of hydrogen-bond acceptors (Lipinski definition) is 7. The first kappa shape index (κ1) is 19.7. The first-order chi connectivity index (χ1) is 14.8. The van der Waals surface area contributed by atoms with Crippen molar-refractivity contribution in [3.63, 3.8) is 0 Å². The van der Waals surface area contributed by atoms with E-state index < -0.39 is 0 Å². The Morgan fingerprint density at radius 1 is 0.933 bits per heavy atom. The number of aromatic nitrogens is 4. The Kier molecular flexibility index (Phi) is 5.81. The molecule has 2 aromatic rings. The zero-order valence-electron chi connectivity index (χ0n) is 17.7. The molecular weight excluding hydrogens is 380 g/mol. The van der Waals surface area contributed by atoms with E-state index >= 15 is 0 Å². The van der Waals surface area contributed by atoms with Crippen molar-refractivity contribution in [3.05, 3.63) is 18.0 Å². The van der Waals surface area contributed by atoms with Gasteiger partial charge in [-0.3, -0.25) is 9.69 Å². The van der Waals surface area contributed by atoms with E-state index in [1.54, 1.807) is 0 Å². The van der Waals surface area contributed by atoms with Gasteiger partial charge < -0.3 is 15.1 Å². The summed E-state index contributed by atoms with van der Waals surface area (Å²) in [5, 5.41) is 16.7. The maximum Gasteiger partial charge on any atom is 0.221 e. The molecular formula is C21H32N8O. The monoisotopic (exact) mass is 412 g/mol. The highest BCUT2D eigenvalue weighted by molar-refractivity contribution is 5.76. The molecule has 3 aliphatic rings. The molecule has 5 heterocycles. The lowest BCUT2D eigenvalue weighted by Crippen LogP contribution is -2.40. The molecule has 0 spiro atoms. The normalized spacial score (nSPS) is 22.5. The summed E-state index contributed by atoms with van der Waals surface area (Å²) < 4.78 is 1.98. The standard InChI is InChI=1S/C21H32N8O/c30-20-7-13-27(14-8-22-20)16-15-26-11-5-17(6-12-26)21-24-23-18-3-4-19(25-29(18)21)28-9-1-2-10-28/h3-4,17H,1-2,5-16H2,(H,22,30). The van der Waals surface area contributed by atoms with Gasteiger partial charge in [0.1, 0.15) is 5.82 Å². The first-order valence-corrected chi connectivity index (χ1v) is 11.4. The Morgan fingerprint density at radius 3 is 2.50 bits per heavy atom. The maximum atomic E-state index is 11.5. The van der Waals surface area contributed by atoms with E-state index in [1.165, 1.54) is 12.8 Å². The van der Waals surface area contributed by atoms with Crippen molar-refractivity contribution in [2.24, 2.45) is 0 Å². The van der Waals surface area contributed by atoms with E-state index in [9.17, 15) is 4.79 Å². The third kappa shape index (κ3) is 4.27. The smallest absolute Gasteiger partial charge is 0.221 e. The number of anilines is 1. The van der Waals surface area contributed by atoms with Gasteiger partial charge in [-0.15, -0.1) is 15.3 Å². The van der Waals surface area contributed by atoms with Crippen LogP contribution in [0.1, 0.15) is 43.8 Å². The Hall–Kier alpha value is -2.26. The van der Waals surface area contributed by atoms with Crippen LogP contribution in [0.4, 0.5) is 5.82 Å². The fourth-order valence-corrected chi connectivity index (χ4v) is 4.90. The van der Waals surface area contributed by atoms with Crippen LogP contribution in [-0.4, -0.2) is 94.4 Å². The lowest BCUT2D eigenvalue weighted by Gasteiger charge is -2.32. The van der Waals surface area contributed by atoms with Gasteiger partial charge in [0.25, 0.3) is 0 Å². The van der Waals surface area contributed by atoms with Gasteiger partial charge in [0.05, 0.1) is 0 Å². The van der Waals surface area contributed by atoms with Gasteiger partial charge in [0.15, 0.2) is 11.5 Å². The highest BCUT2D eigenvalue weighted by Crippen LogP contribution is 2.27. The van der Waals surface area contributed by atoms with Crippen LogP contribution in [0.2, 0.25) is 0 Å². The van der Waals surface area contributed by atoms with Crippen molar-refractivity contribution in [2.45, 2.75) is 38.0 Å². The van der Waals surface area contributed by atoms with Crippen LogP contribution in [0.5, 0.6) is 0 Å². The summed E-state index contributed by atoms with van der Waals surface area (Å²) in [5.74, 6) is 2.66. The van der Waals surface area contributed by atoms with Gasteiger partial charge in [-0.05, 0) is 50.9 Å². The van der Waals surface area contributed by atoms with Gasteiger partial charge in [0.2, 0.25) is 5.91 Å².